The molecule has 0 amide bonds. The molecular formula is C22H17ClFNO4. The molecule has 0 radical (unpaired) electrons. The molecule has 4 rings (SSSR count). The number of aliphatic carboxylic acids is 1. The molecular weight excluding hydrogens is 397 g/mol. The molecule has 1 unspecified atom stereocenters. The van der Waals surface area contributed by atoms with E-state index >= 15 is 0 Å². The van der Waals surface area contributed by atoms with Crippen molar-refractivity contribution in [1.29, 1.82) is 0 Å². The van der Waals surface area contributed by atoms with E-state index in [0.29, 0.717) is 41.0 Å². The summed E-state index contributed by atoms with van der Waals surface area (Å²) in [6, 6.07) is 14.8. The van der Waals surface area contributed by atoms with Gasteiger partial charge in [-0.25, -0.2) is 9.37 Å². The van der Waals surface area contributed by atoms with E-state index in [9.17, 15) is 9.18 Å². The second kappa shape index (κ2) is 8.09. The summed E-state index contributed by atoms with van der Waals surface area (Å²) < 4.78 is 24.7. The number of pyridine rings is 1. The molecule has 1 fully saturated rings. The maximum absolute atomic E-state index is 13.3. The number of hydrogen-bond donors (Lipinski definition) is 1. The van der Waals surface area contributed by atoms with E-state index in [4.69, 9.17) is 26.2 Å². The first-order valence-electron chi connectivity index (χ1n) is 9.04. The van der Waals surface area contributed by atoms with Gasteiger partial charge in [0.05, 0.1) is 18.7 Å². The van der Waals surface area contributed by atoms with Crippen molar-refractivity contribution >= 4 is 17.6 Å². The minimum atomic E-state index is -0.767. The molecule has 1 aliphatic rings. The quantitative estimate of drug-likeness (QED) is 0.523. The Morgan fingerprint density at radius 2 is 1.93 bits per heavy atom. The van der Waals surface area contributed by atoms with Gasteiger partial charge >= 0.3 is 5.97 Å². The van der Waals surface area contributed by atoms with Crippen molar-refractivity contribution in [1.82, 2.24) is 4.98 Å². The van der Waals surface area contributed by atoms with E-state index in [-0.39, 0.29) is 17.7 Å². The molecule has 1 aliphatic carbocycles. The first-order chi connectivity index (χ1) is 14.0. The van der Waals surface area contributed by atoms with Gasteiger partial charge in [0.25, 0.3) is 0 Å². The molecule has 29 heavy (non-hydrogen) atoms. The molecule has 1 aromatic heterocycles. The number of hydrogen-bond acceptors (Lipinski definition) is 4. The minimum Gasteiger partial charge on any atom is -0.493 e. The van der Waals surface area contributed by atoms with Crippen LogP contribution in [0.25, 0.3) is 11.1 Å². The van der Waals surface area contributed by atoms with Crippen molar-refractivity contribution in [2.75, 3.05) is 6.61 Å². The van der Waals surface area contributed by atoms with Crippen LogP contribution in [-0.2, 0) is 4.79 Å². The van der Waals surface area contributed by atoms with Gasteiger partial charge in [-0.3, -0.25) is 4.79 Å². The Morgan fingerprint density at radius 1 is 1.14 bits per heavy atom. The number of ether oxygens (including phenoxy) is 2. The minimum absolute atomic E-state index is 0.0717. The van der Waals surface area contributed by atoms with Crippen molar-refractivity contribution in [3.63, 3.8) is 0 Å². The van der Waals surface area contributed by atoms with Gasteiger partial charge in [0.15, 0.2) is 0 Å². The summed E-state index contributed by atoms with van der Waals surface area (Å²) in [6.45, 7) is 0.385. The van der Waals surface area contributed by atoms with E-state index in [1.54, 1.807) is 30.3 Å². The van der Waals surface area contributed by atoms with Crippen molar-refractivity contribution in [3.8, 4) is 28.4 Å². The molecule has 0 spiro atoms. The largest absolute Gasteiger partial charge is 0.493 e. The number of halogens is 2. The van der Waals surface area contributed by atoms with Crippen LogP contribution in [0, 0.1) is 17.7 Å². The van der Waals surface area contributed by atoms with Crippen LogP contribution in [0.5, 0.6) is 17.2 Å². The molecule has 0 aliphatic heterocycles. The molecule has 5 nitrogen and oxygen atoms in total. The lowest BCUT2D eigenvalue weighted by Crippen LogP contribution is -2.06. The topological polar surface area (TPSA) is 68.7 Å². The average Bonchev–Trinajstić information content (AvgIpc) is 3.49. The van der Waals surface area contributed by atoms with Crippen molar-refractivity contribution in [2.45, 2.75) is 6.42 Å². The second-order valence-electron chi connectivity index (χ2n) is 6.84. The van der Waals surface area contributed by atoms with Gasteiger partial charge in [-0.2, -0.15) is 0 Å². The van der Waals surface area contributed by atoms with E-state index in [1.807, 2.05) is 12.1 Å². The van der Waals surface area contributed by atoms with Gasteiger partial charge in [-0.15, -0.1) is 0 Å². The predicted octanol–water partition coefficient (Wildman–Crippen LogP) is 5.43. The molecule has 3 aromatic rings. The van der Waals surface area contributed by atoms with Crippen LogP contribution >= 0.6 is 11.6 Å². The summed E-state index contributed by atoms with van der Waals surface area (Å²) in [5.74, 6) is 0.0772. The lowest BCUT2D eigenvalue weighted by atomic mass is 10.1. The zero-order chi connectivity index (χ0) is 20.4. The molecule has 1 N–H and O–H groups in total. The SMILES string of the molecule is O=C(O)[C@@H]1CC1COc1ccc(-c2cc(Oc3cccc(F)c3)cnc2Cl)cc1. The van der Waals surface area contributed by atoms with Crippen molar-refractivity contribution < 1.29 is 23.8 Å². The van der Waals surface area contributed by atoms with Gasteiger partial charge in [-0.05, 0) is 42.3 Å². The fourth-order valence-electron chi connectivity index (χ4n) is 3.02. The van der Waals surface area contributed by atoms with Crippen LogP contribution in [0.1, 0.15) is 6.42 Å². The summed E-state index contributed by atoms with van der Waals surface area (Å²) in [7, 11) is 0. The Hall–Kier alpha value is -3.12. The average molecular weight is 414 g/mol. The van der Waals surface area contributed by atoms with Crippen LogP contribution in [0.15, 0.2) is 60.8 Å². The van der Waals surface area contributed by atoms with Crippen LogP contribution in [0.4, 0.5) is 4.39 Å². The molecule has 2 aromatic carbocycles. The highest BCUT2D eigenvalue weighted by molar-refractivity contribution is 6.32. The summed E-state index contributed by atoms with van der Waals surface area (Å²) >= 11 is 6.24. The van der Waals surface area contributed by atoms with E-state index in [1.165, 1.54) is 18.3 Å². The number of nitrogens with zero attached hydrogens (tertiary/aromatic N) is 1. The molecule has 148 valence electrons. The fraction of sp³-hybridized carbons (Fsp3) is 0.182. The second-order valence-corrected chi connectivity index (χ2v) is 7.20. The summed E-state index contributed by atoms with van der Waals surface area (Å²) in [5, 5.41) is 9.25. The third-order valence-electron chi connectivity index (χ3n) is 4.71. The zero-order valence-corrected chi connectivity index (χ0v) is 16.0. The highest BCUT2D eigenvalue weighted by Gasteiger charge is 2.43. The van der Waals surface area contributed by atoms with Crippen molar-refractivity contribution in [2.24, 2.45) is 11.8 Å². The Bertz CT molecular complexity index is 1040. The monoisotopic (exact) mass is 413 g/mol. The summed E-state index contributed by atoms with van der Waals surface area (Å²) in [5.41, 5.74) is 1.48. The molecule has 7 heteroatoms. The number of carbonyl (C=O) groups is 1. The zero-order valence-electron chi connectivity index (χ0n) is 15.2. The third-order valence-corrected chi connectivity index (χ3v) is 5.02. The molecule has 0 saturated heterocycles. The van der Waals surface area contributed by atoms with Gasteiger partial charge in [0.2, 0.25) is 0 Å². The summed E-state index contributed by atoms with van der Waals surface area (Å²) in [6.07, 6.45) is 2.13. The normalized spacial score (nSPS) is 17.6. The lowest BCUT2D eigenvalue weighted by Gasteiger charge is -2.10. The van der Waals surface area contributed by atoms with E-state index in [2.05, 4.69) is 4.98 Å². The highest BCUT2D eigenvalue weighted by atomic mass is 35.5. The first-order valence-corrected chi connectivity index (χ1v) is 9.42. The standard InChI is InChI=1S/C22H17ClFNO4/c23-21-19(10-18(11-25-21)29-17-3-1-2-15(24)9-17)13-4-6-16(7-5-13)28-12-14-8-20(14)22(26)27/h1-7,9-11,14,20H,8,12H2,(H,26,27)/t14?,20-/m1/s1. The molecule has 1 saturated carbocycles. The first kappa shape index (κ1) is 19.2. The van der Waals surface area contributed by atoms with E-state index in [0.717, 1.165) is 5.56 Å². The van der Waals surface area contributed by atoms with Crippen LogP contribution in [0.3, 0.4) is 0 Å². The number of benzene rings is 2. The fourth-order valence-corrected chi connectivity index (χ4v) is 3.23. The smallest absolute Gasteiger partial charge is 0.306 e. The van der Waals surface area contributed by atoms with Gasteiger partial charge in [-0.1, -0.05) is 29.8 Å². The Morgan fingerprint density at radius 3 is 2.62 bits per heavy atom. The van der Waals surface area contributed by atoms with Crippen LogP contribution < -0.4 is 9.47 Å². The molecule has 1 heterocycles. The molecule has 0 bridgehead atoms. The van der Waals surface area contributed by atoms with Gasteiger partial charge < -0.3 is 14.6 Å². The Labute approximate surface area is 171 Å². The van der Waals surface area contributed by atoms with E-state index < -0.39 is 5.97 Å². The number of aromatic nitrogens is 1. The lowest BCUT2D eigenvalue weighted by molar-refractivity contribution is -0.138. The van der Waals surface area contributed by atoms with Gasteiger partial charge in [0, 0.05) is 17.5 Å². The predicted molar refractivity (Wildman–Crippen MR) is 106 cm³/mol. The van der Waals surface area contributed by atoms with Crippen molar-refractivity contribution in [3.05, 3.63) is 71.8 Å². The Balaban J connectivity index is 1.45. The number of rotatable bonds is 7. The third kappa shape index (κ3) is 4.66. The molecule has 2 atom stereocenters. The number of carboxylic acid groups (broad SMARTS) is 1. The van der Waals surface area contributed by atoms with Gasteiger partial charge in [0.1, 0.15) is 28.2 Å². The maximum Gasteiger partial charge on any atom is 0.306 e. The maximum atomic E-state index is 13.3. The highest BCUT2D eigenvalue weighted by Crippen LogP contribution is 2.39. The van der Waals surface area contributed by atoms with Crippen LogP contribution in [0.2, 0.25) is 5.15 Å². The Kier molecular flexibility index (Phi) is 5.36. The van der Waals surface area contributed by atoms with Crippen LogP contribution in [-0.4, -0.2) is 22.7 Å². The summed E-state index contributed by atoms with van der Waals surface area (Å²) in [4.78, 5) is 15.0. The number of carboxylic acids is 1.